The number of halogens is 1. The van der Waals surface area contributed by atoms with Crippen molar-refractivity contribution in [3.8, 4) is 11.4 Å². The number of carbonyl (C=O) groups is 1. The van der Waals surface area contributed by atoms with E-state index in [4.69, 9.17) is 4.74 Å². The molecule has 26 heavy (non-hydrogen) atoms. The molecule has 0 saturated carbocycles. The summed E-state index contributed by atoms with van der Waals surface area (Å²) >= 11 is 0. The fourth-order valence-electron chi connectivity index (χ4n) is 2.94. The number of nitrogens with zero attached hydrogens (tertiary/aromatic N) is 2. The molecular formula is C20H21FN2O3. The molecule has 0 bridgehead atoms. The molecule has 0 amide bonds. The smallest absolute Gasteiger partial charge is 0.360 e. The molecule has 2 heterocycles. The van der Waals surface area contributed by atoms with Crippen molar-refractivity contribution < 1.29 is 19.0 Å². The molecule has 0 unspecified atom stereocenters. The molecule has 5 nitrogen and oxygen atoms in total. The highest BCUT2D eigenvalue weighted by Crippen LogP contribution is 2.39. The second-order valence-electron chi connectivity index (χ2n) is 7.08. The summed E-state index contributed by atoms with van der Waals surface area (Å²) in [6, 6.07) is 6.05. The van der Waals surface area contributed by atoms with Crippen LogP contribution in [0.3, 0.4) is 0 Å². The summed E-state index contributed by atoms with van der Waals surface area (Å²) in [5, 5.41) is 11.3. The van der Waals surface area contributed by atoms with Crippen molar-refractivity contribution in [2.45, 2.75) is 33.1 Å². The Morgan fingerprint density at radius 3 is 2.50 bits per heavy atom. The zero-order valence-corrected chi connectivity index (χ0v) is 15.2. The van der Waals surface area contributed by atoms with Gasteiger partial charge in [-0.15, -0.1) is 0 Å². The molecule has 0 saturated heterocycles. The van der Waals surface area contributed by atoms with E-state index in [9.17, 15) is 14.3 Å². The minimum atomic E-state index is -0.665. The Labute approximate surface area is 151 Å². The van der Waals surface area contributed by atoms with Gasteiger partial charge in [0.25, 0.3) is 0 Å². The Kier molecular flexibility index (Phi) is 4.44. The Hall–Kier alpha value is -2.89. The van der Waals surface area contributed by atoms with Crippen molar-refractivity contribution in [3.63, 3.8) is 0 Å². The average molecular weight is 356 g/mol. The van der Waals surface area contributed by atoms with Crippen LogP contribution in [0.25, 0.3) is 16.6 Å². The lowest BCUT2D eigenvalue weighted by atomic mass is 9.86. The van der Waals surface area contributed by atoms with E-state index in [1.807, 2.05) is 31.5 Å². The largest absolute Gasteiger partial charge is 0.505 e. The van der Waals surface area contributed by atoms with Crippen LogP contribution in [0.1, 0.15) is 43.7 Å². The monoisotopic (exact) mass is 356 g/mol. The lowest BCUT2D eigenvalue weighted by molar-refractivity contribution is 0.0516. The van der Waals surface area contributed by atoms with Gasteiger partial charge >= 0.3 is 5.97 Å². The number of esters is 1. The van der Waals surface area contributed by atoms with E-state index in [2.05, 4.69) is 4.98 Å². The van der Waals surface area contributed by atoms with Crippen LogP contribution in [0, 0.1) is 5.82 Å². The number of rotatable bonds is 3. The van der Waals surface area contributed by atoms with Gasteiger partial charge in [0.05, 0.1) is 18.3 Å². The molecule has 0 aliphatic heterocycles. The van der Waals surface area contributed by atoms with Gasteiger partial charge in [-0.2, -0.15) is 0 Å². The number of aromatic nitrogens is 2. The van der Waals surface area contributed by atoms with Crippen LogP contribution in [-0.2, 0) is 10.2 Å². The van der Waals surface area contributed by atoms with Gasteiger partial charge in [0, 0.05) is 17.3 Å². The Balaban J connectivity index is 2.31. The summed E-state index contributed by atoms with van der Waals surface area (Å²) < 4.78 is 20.1. The maximum absolute atomic E-state index is 13.3. The van der Waals surface area contributed by atoms with Crippen LogP contribution >= 0.6 is 0 Å². The quantitative estimate of drug-likeness (QED) is 0.709. The second-order valence-corrected chi connectivity index (χ2v) is 7.08. The van der Waals surface area contributed by atoms with E-state index in [1.54, 1.807) is 19.1 Å². The van der Waals surface area contributed by atoms with Crippen molar-refractivity contribution in [2.24, 2.45) is 0 Å². The summed E-state index contributed by atoms with van der Waals surface area (Å²) in [6.07, 6.45) is 3.41. The van der Waals surface area contributed by atoms with E-state index >= 15 is 0 Å². The number of fused-ring (bicyclic) bond motifs is 1. The highest BCUT2D eigenvalue weighted by atomic mass is 19.1. The number of aromatic hydroxyl groups is 1. The minimum absolute atomic E-state index is 0.110. The molecule has 0 fully saturated rings. The summed E-state index contributed by atoms with van der Waals surface area (Å²) in [6.45, 7) is 7.93. The highest BCUT2D eigenvalue weighted by Gasteiger charge is 2.27. The standard InChI is InChI=1S/C20H21FN2O3/c1-5-26-19(25)17-18(24)16-14(20(2,3)4)11-23(15(16)10-22-17)13-8-6-12(21)7-9-13/h6-11,24H,5H2,1-4H3. The summed E-state index contributed by atoms with van der Waals surface area (Å²) in [7, 11) is 0. The lowest BCUT2D eigenvalue weighted by Crippen LogP contribution is -2.11. The maximum atomic E-state index is 13.3. The van der Waals surface area contributed by atoms with Crippen molar-refractivity contribution in [1.82, 2.24) is 9.55 Å². The van der Waals surface area contributed by atoms with Gasteiger partial charge in [-0.1, -0.05) is 20.8 Å². The molecule has 136 valence electrons. The molecular weight excluding hydrogens is 335 g/mol. The fourth-order valence-corrected chi connectivity index (χ4v) is 2.94. The maximum Gasteiger partial charge on any atom is 0.360 e. The molecule has 1 aromatic carbocycles. The van der Waals surface area contributed by atoms with Gasteiger partial charge in [0.15, 0.2) is 11.4 Å². The molecule has 0 aliphatic carbocycles. The SMILES string of the molecule is CCOC(=O)c1ncc2c(c(C(C)(C)C)cn2-c2ccc(F)cc2)c1O. The van der Waals surface area contributed by atoms with Crippen molar-refractivity contribution >= 4 is 16.9 Å². The van der Waals surface area contributed by atoms with Gasteiger partial charge in [-0.05, 0) is 42.2 Å². The molecule has 0 aliphatic rings. The van der Waals surface area contributed by atoms with Crippen molar-refractivity contribution in [3.05, 3.63) is 53.7 Å². The van der Waals surface area contributed by atoms with E-state index < -0.39 is 5.97 Å². The van der Waals surface area contributed by atoms with E-state index in [0.29, 0.717) is 10.9 Å². The van der Waals surface area contributed by atoms with Crippen molar-refractivity contribution in [1.29, 1.82) is 0 Å². The third kappa shape index (κ3) is 3.03. The van der Waals surface area contributed by atoms with Crippen LogP contribution in [-0.4, -0.2) is 27.2 Å². The first-order valence-corrected chi connectivity index (χ1v) is 8.40. The molecule has 0 radical (unpaired) electrons. The summed E-state index contributed by atoms with van der Waals surface area (Å²) in [4.78, 5) is 16.2. The molecule has 1 N–H and O–H groups in total. The van der Waals surface area contributed by atoms with E-state index in [-0.39, 0.29) is 29.3 Å². The molecule has 3 rings (SSSR count). The summed E-state index contributed by atoms with van der Waals surface area (Å²) in [5.74, 6) is -1.19. The van der Waals surface area contributed by atoms with Crippen LogP contribution in [0.2, 0.25) is 0 Å². The van der Waals surface area contributed by atoms with Crippen LogP contribution in [0.15, 0.2) is 36.7 Å². The Morgan fingerprint density at radius 2 is 1.92 bits per heavy atom. The molecule has 2 aromatic heterocycles. The lowest BCUT2D eigenvalue weighted by Gasteiger charge is -2.18. The highest BCUT2D eigenvalue weighted by molar-refractivity contribution is 6.00. The number of hydrogen-bond acceptors (Lipinski definition) is 4. The number of carbonyl (C=O) groups excluding carboxylic acids is 1. The predicted octanol–water partition coefficient (Wildman–Crippen LogP) is 4.34. The van der Waals surface area contributed by atoms with Crippen LogP contribution in [0.5, 0.6) is 5.75 Å². The van der Waals surface area contributed by atoms with Crippen molar-refractivity contribution in [2.75, 3.05) is 6.61 Å². The molecule has 0 spiro atoms. The van der Waals surface area contributed by atoms with Crippen LogP contribution < -0.4 is 0 Å². The van der Waals surface area contributed by atoms with Gasteiger partial charge in [-0.25, -0.2) is 14.2 Å². The van der Waals surface area contributed by atoms with Gasteiger partial charge in [0.2, 0.25) is 0 Å². The fraction of sp³-hybridized carbons (Fsp3) is 0.300. The number of hydrogen-bond donors (Lipinski definition) is 1. The van der Waals surface area contributed by atoms with E-state index in [1.165, 1.54) is 18.3 Å². The predicted molar refractivity (Wildman–Crippen MR) is 97.3 cm³/mol. The second kappa shape index (κ2) is 6.44. The molecule has 6 heteroatoms. The zero-order valence-electron chi connectivity index (χ0n) is 15.2. The van der Waals surface area contributed by atoms with Gasteiger partial charge in [0.1, 0.15) is 5.82 Å². The van der Waals surface area contributed by atoms with Gasteiger partial charge < -0.3 is 14.4 Å². The van der Waals surface area contributed by atoms with Gasteiger partial charge in [-0.3, -0.25) is 0 Å². The Morgan fingerprint density at radius 1 is 1.27 bits per heavy atom. The first kappa shape index (κ1) is 17.9. The Bertz CT molecular complexity index is 969. The topological polar surface area (TPSA) is 64.3 Å². The normalized spacial score (nSPS) is 11.7. The number of pyridine rings is 1. The first-order valence-electron chi connectivity index (χ1n) is 8.40. The number of benzene rings is 1. The average Bonchev–Trinajstić information content (AvgIpc) is 2.97. The third-order valence-corrected chi connectivity index (χ3v) is 4.20. The van der Waals surface area contributed by atoms with Crippen LogP contribution in [0.4, 0.5) is 4.39 Å². The van der Waals surface area contributed by atoms with E-state index in [0.717, 1.165) is 11.3 Å². The number of ether oxygens (including phenoxy) is 1. The third-order valence-electron chi connectivity index (χ3n) is 4.20. The molecule has 3 aromatic rings. The minimum Gasteiger partial charge on any atom is -0.505 e. The zero-order chi connectivity index (χ0) is 19.1. The summed E-state index contributed by atoms with van der Waals surface area (Å²) in [5.41, 5.74) is 1.81. The molecule has 0 atom stereocenters. The first-order chi connectivity index (χ1) is 12.2.